The number of hydrogen-bond donors (Lipinski definition) is 4. The molecular formula is C26H36O8. The van der Waals surface area contributed by atoms with Gasteiger partial charge in [-0.3, -0.25) is 0 Å². The first kappa shape index (κ1) is 24.2. The van der Waals surface area contributed by atoms with Crippen molar-refractivity contribution in [1.82, 2.24) is 0 Å². The van der Waals surface area contributed by atoms with Crippen LogP contribution in [0.15, 0.2) is 36.0 Å². The van der Waals surface area contributed by atoms with Gasteiger partial charge in [0.25, 0.3) is 0 Å². The average molecular weight is 477 g/mol. The third-order valence-electron chi connectivity index (χ3n) is 9.44. The van der Waals surface area contributed by atoms with E-state index in [2.05, 4.69) is 13.5 Å². The van der Waals surface area contributed by atoms with Crippen LogP contribution in [-0.2, 0) is 19.0 Å². The molecule has 34 heavy (non-hydrogen) atoms. The van der Waals surface area contributed by atoms with Crippen LogP contribution in [0.1, 0.15) is 39.5 Å². The van der Waals surface area contributed by atoms with Gasteiger partial charge in [0.1, 0.15) is 18.3 Å². The lowest BCUT2D eigenvalue weighted by Gasteiger charge is -2.59. The maximum Gasteiger partial charge on any atom is 0.338 e. The van der Waals surface area contributed by atoms with Gasteiger partial charge in [-0.2, -0.15) is 0 Å². The number of aliphatic hydroxyl groups excluding tert-OH is 3. The summed E-state index contributed by atoms with van der Waals surface area (Å²) in [7, 11) is 0. The number of aliphatic hydroxyl groups is 4. The van der Waals surface area contributed by atoms with Gasteiger partial charge in [-0.15, -0.1) is 0 Å². The minimum Gasteiger partial charge on any atom is -0.451 e. The topological polar surface area (TPSA) is 126 Å². The van der Waals surface area contributed by atoms with Gasteiger partial charge in [0.2, 0.25) is 0 Å². The van der Waals surface area contributed by atoms with E-state index in [1.807, 2.05) is 13.0 Å². The number of ether oxygens (including phenoxy) is 3. The van der Waals surface area contributed by atoms with Gasteiger partial charge in [0.15, 0.2) is 11.7 Å². The highest BCUT2D eigenvalue weighted by atomic mass is 16.6. The Balaban J connectivity index is 1.39. The van der Waals surface area contributed by atoms with Gasteiger partial charge >= 0.3 is 5.97 Å². The van der Waals surface area contributed by atoms with Crippen molar-refractivity contribution < 1.29 is 39.4 Å². The van der Waals surface area contributed by atoms with Crippen molar-refractivity contribution >= 4 is 5.97 Å². The molecule has 8 heteroatoms. The molecule has 0 amide bonds. The van der Waals surface area contributed by atoms with Gasteiger partial charge in [0, 0.05) is 11.3 Å². The van der Waals surface area contributed by atoms with Crippen molar-refractivity contribution in [3.8, 4) is 0 Å². The summed E-state index contributed by atoms with van der Waals surface area (Å²) >= 11 is 0. The minimum atomic E-state index is -1.55. The summed E-state index contributed by atoms with van der Waals surface area (Å²) in [6.45, 7) is 8.38. The van der Waals surface area contributed by atoms with E-state index in [4.69, 9.17) is 14.2 Å². The maximum atomic E-state index is 12.7. The van der Waals surface area contributed by atoms with Crippen molar-refractivity contribution in [3.05, 3.63) is 36.0 Å². The van der Waals surface area contributed by atoms with Gasteiger partial charge in [-0.25, -0.2) is 4.79 Å². The fourth-order valence-corrected chi connectivity index (χ4v) is 7.29. The van der Waals surface area contributed by atoms with Crippen LogP contribution in [0.4, 0.5) is 0 Å². The molecule has 2 saturated heterocycles. The minimum absolute atomic E-state index is 0.0204. The summed E-state index contributed by atoms with van der Waals surface area (Å²) in [5.41, 5.74) is -0.913. The number of cyclic esters (lactones) is 1. The molecule has 10 atom stereocenters. The van der Waals surface area contributed by atoms with Crippen molar-refractivity contribution in [2.24, 2.45) is 22.7 Å². The summed E-state index contributed by atoms with van der Waals surface area (Å²) < 4.78 is 16.6. The van der Waals surface area contributed by atoms with Crippen LogP contribution in [0.5, 0.6) is 0 Å². The largest absolute Gasteiger partial charge is 0.451 e. The summed E-state index contributed by atoms with van der Waals surface area (Å²) in [4.78, 5) is 12.7. The normalized spacial score (nSPS) is 50.9. The Morgan fingerprint density at radius 1 is 1.24 bits per heavy atom. The van der Waals surface area contributed by atoms with Crippen LogP contribution >= 0.6 is 0 Å². The molecule has 2 unspecified atom stereocenters. The predicted molar refractivity (Wildman–Crippen MR) is 121 cm³/mol. The van der Waals surface area contributed by atoms with Crippen LogP contribution in [0.2, 0.25) is 0 Å². The van der Waals surface area contributed by atoms with Crippen LogP contribution in [0.25, 0.3) is 0 Å². The van der Waals surface area contributed by atoms with E-state index in [9.17, 15) is 25.2 Å². The second-order valence-electron chi connectivity index (χ2n) is 11.3. The lowest BCUT2D eigenvalue weighted by molar-refractivity contribution is -0.161. The maximum absolute atomic E-state index is 12.7. The molecule has 3 aliphatic heterocycles. The third-order valence-corrected chi connectivity index (χ3v) is 9.44. The number of rotatable bonds is 4. The lowest BCUT2D eigenvalue weighted by atomic mass is 9.46. The Morgan fingerprint density at radius 2 is 2.00 bits per heavy atom. The van der Waals surface area contributed by atoms with Gasteiger partial charge in [-0.05, 0) is 43.1 Å². The molecule has 4 fully saturated rings. The highest BCUT2D eigenvalue weighted by Crippen LogP contribution is 2.61. The van der Waals surface area contributed by atoms with Crippen molar-refractivity contribution in [3.63, 3.8) is 0 Å². The smallest absolute Gasteiger partial charge is 0.338 e. The Hall–Kier alpha value is -1.55. The molecular weight excluding hydrogens is 440 g/mol. The molecule has 3 heterocycles. The highest BCUT2D eigenvalue weighted by molar-refractivity contribution is 5.94. The zero-order valence-electron chi connectivity index (χ0n) is 19.9. The fraction of sp³-hybridized carbons (Fsp3) is 0.731. The van der Waals surface area contributed by atoms with E-state index in [-0.39, 0.29) is 37.1 Å². The lowest BCUT2D eigenvalue weighted by Crippen LogP contribution is -2.57. The molecule has 5 rings (SSSR count). The molecule has 5 aliphatic rings. The van der Waals surface area contributed by atoms with Crippen LogP contribution in [-0.4, -0.2) is 82.3 Å². The number of allylic oxidation sites excluding steroid dienone is 2. The Bertz CT molecular complexity index is 928. The average Bonchev–Trinajstić information content (AvgIpc) is 3.47. The van der Waals surface area contributed by atoms with E-state index < -0.39 is 47.5 Å². The predicted octanol–water partition coefficient (Wildman–Crippen LogP) is 1.03. The van der Waals surface area contributed by atoms with Crippen molar-refractivity contribution in [2.75, 3.05) is 19.8 Å². The molecule has 8 nitrogen and oxygen atoms in total. The Labute approximate surface area is 199 Å². The standard InChI is InChI=1S/C26H36O8/c1-14-4-7-18-24(2,9-8-19(29)25(18,3)12-27)16(14)6-5-15-10-20(34-23(15)30)26(31)13-33-21-17(28)11-32-22(21)26/h5-6,10,16-22,27-29,31H,1,4,7-9,11-13H2,2-3H3/b6-5+/t16-,17-,18+,19-,20?,21-,22+,24+,25+,26?/m1/s1. The molecule has 4 N–H and O–H groups in total. The number of esters is 1. The van der Waals surface area contributed by atoms with Crippen LogP contribution < -0.4 is 0 Å². The van der Waals surface area contributed by atoms with E-state index in [1.165, 1.54) is 0 Å². The first-order valence-corrected chi connectivity index (χ1v) is 12.3. The molecule has 0 aromatic carbocycles. The SMILES string of the molecule is C=C1CC[C@@H]2[C@](C)(CO)[C@H](O)CC[C@@]2(C)[C@@H]1/C=C/C1=CC(C2(O)CO[C@@H]3[C@H](O)CO[C@@H]32)OC1=O. The molecule has 0 spiro atoms. The molecule has 2 saturated carbocycles. The monoisotopic (exact) mass is 476 g/mol. The molecule has 0 aromatic heterocycles. The second kappa shape index (κ2) is 8.25. The Kier molecular flexibility index (Phi) is 5.86. The number of carbonyl (C=O) groups excluding carboxylic acids is 1. The molecule has 0 aromatic rings. The van der Waals surface area contributed by atoms with E-state index in [0.717, 1.165) is 24.8 Å². The zero-order valence-corrected chi connectivity index (χ0v) is 19.9. The molecule has 0 radical (unpaired) electrons. The summed E-state index contributed by atoms with van der Waals surface area (Å²) in [5.74, 6) is -0.433. The number of fused-ring (bicyclic) bond motifs is 2. The van der Waals surface area contributed by atoms with Gasteiger partial charge < -0.3 is 34.6 Å². The first-order valence-electron chi connectivity index (χ1n) is 12.3. The molecule has 0 bridgehead atoms. The second-order valence-corrected chi connectivity index (χ2v) is 11.3. The highest BCUT2D eigenvalue weighted by Gasteiger charge is 2.61. The summed E-state index contributed by atoms with van der Waals surface area (Å²) in [5, 5.41) is 42.0. The zero-order chi connectivity index (χ0) is 24.5. The molecule has 188 valence electrons. The summed E-state index contributed by atoms with van der Waals surface area (Å²) in [6.07, 6.45) is 4.71. The third kappa shape index (κ3) is 3.38. The van der Waals surface area contributed by atoms with E-state index in [0.29, 0.717) is 12.0 Å². The van der Waals surface area contributed by atoms with Crippen LogP contribution in [0, 0.1) is 22.7 Å². The summed E-state index contributed by atoms with van der Waals surface area (Å²) in [6, 6.07) is 0. The van der Waals surface area contributed by atoms with E-state index in [1.54, 1.807) is 12.2 Å². The number of carbonyl (C=O) groups is 1. The van der Waals surface area contributed by atoms with Crippen LogP contribution in [0.3, 0.4) is 0 Å². The van der Waals surface area contributed by atoms with Crippen molar-refractivity contribution in [2.45, 2.75) is 75.7 Å². The van der Waals surface area contributed by atoms with Crippen molar-refractivity contribution in [1.29, 1.82) is 0 Å². The van der Waals surface area contributed by atoms with Gasteiger partial charge in [-0.1, -0.05) is 38.2 Å². The number of hydrogen-bond acceptors (Lipinski definition) is 8. The van der Waals surface area contributed by atoms with Gasteiger partial charge in [0.05, 0.1) is 31.5 Å². The fourth-order valence-electron chi connectivity index (χ4n) is 7.29. The molecule has 2 aliphatic carbocycles. The Morgan fingerprint density at radius 3 is 2.74 bits per heavy atom. The van der Waals surface area contributed by atoms with E-state index >= 15 is 0 Å². The quantitative estimate of drug-likeness (QED) is 0.350. The first-order chi connectivity index (χ1) is 16.0.